The second-order valence-electron chi connectivity index (χ2n) is 6.43. The SMILES string of the molecule is O=C(c1ncc[nH]1)N1CCCC(c2nccn2Cc2ccccc2)C1. The molecule has 1 saturated heterocycles. The van der Waals surface area contributed by atoms with Crippen LogP contribution in [-0.4, -0.2) is 43.4 Å². The predicted molar refractivity (Wildman–Crippen MR) is 94.2 cm³/mol. The van der Waals surface area contributed by atoms with Crippen LogP contribution >= 0.6 is 0 Å². The summed E-state index contributed by atoms with van der Waals surface area (Å²) in [4.78, 5) is 26.0. The van der Waals surface area contributed by atoms with Crippen molar-refractivity contribution in [1.82, 2.24) is 24.4 Å². The van der Waals surface area contributed by atoms with Gasteiger partial charge in [-0.25, -0.2) is 9.97 Å². The number of piperidine rings is 1. The third-order valence-corrected chi connectivity index (χ3v) is 4.72. The van der Waals surface area contributed by atoms with Crippen LogP contribution in [0.25, 0.3) is 0 Å². The van der Waals surface area contributed by atoms with E-state index in [4.69, 9.17) is 0 Å². The van der Waals surface area contributed by atoms with Crippen LogP contribution < -0.4 is 0 Å². The number of H-pyrrole nitrogens is 1. The summed E-state index contributed by atoms with van der Waals surface area (Å²) >= 11 is 0. The first-order valence-corrected chi connectivity index (χ1v) is 8.65. The maximum atomic E-state index is 12.6. The van der Waals surface area contributed by atoms with E-state index >= 15 is 0 Å². The van der Waals surface area contributed by atoms with Crippen molar-refractivity contribution >= 4 is 5.91 Å². The third-order valence-electron chi connectivity index (χ3n) is 4.72. The summed E-state index contributed by atoms with van der Waals surface area (Å²) in [6.07, 6.45) is 9.20. The molecule has 2 aromatic heterocycles. The minimum Gasteiger partial charge on any atom is -0.341 e. The van der Waals surface area contributed by atoms with Crippen LogP contribution in [0.5, 0.6) is 0 Å². The van der Waals surface area contributed by atoms with Crippen LogP contribution in [0.3, 0.4) is 0 Å². The largest absolute Gasteiger partial charge is 0.341 e. The molecule has 128 valence electrons. The van der Waals surface area contributed by atoms with Crippen LogP contribution in [-0.2, 0) is 6.54 Å². The molecular formula is C19H21N5O. The maximum Gasteiger partial charge on any atom is 0.289 e. The Labute approximate surface area is 146 Å². The minimum atomic E-state index is -0.0316. The number of aromatic nitrogens is 4. The number of nitrogens with one attached hydrogen (secondary N) is 1. The highest BCUT2D eigenvalue weighted by Gasteiger charge is 2.28. The lowest BCUT2D eigenvalue weighted by atomic mass is 9.97. The zero-order valence-corrected chi connectivity index (χ0v) is 14.0. The Kier molecular flexibility index (Phi) is 4.33. The number of carbonyl (C=O) groups excluding carboxylic acids is 1. The molecule has 3 heterocycles. The van der Waals surface area contributed by atoms with Gasteiger partial charge >= 0.3 is 0 Å². The van der Waals surface area contributed by atoms with Crippen LogP contribution in [0, 0.1) is 0 Å². The fourth-order valence-corrected chi connectivity index (χ4v) is 3.50. The fourth-order valence-electron chi connectivity index (χ4n) is 3.50. The van der Waals surface area contributed by atoms with Gasteiger partial charge in [-0.15, -0.1) is 0 Å². The number of rotatable bonds is 4. The third kappa shape index (κ3) is 3.33. The van der Waals surface area contributed by atoms with Gasteiger partial charge in [0.25, 0.3) is 5.91 Å². The first-order valence-electron chi connectivity index (χ1n) is 8.65. The standard InChI is InChI=1S/C19H21N5O/c25-19(17-20-8-9-21-17)24-11-4-7-16(14-24)18-22-10-12-23(18)13-15-5-2-1-3-6-15/h1-3,5-6,8-10,12,16H,4,7,11,13-14H2,(H,20,21). The Bertz CT molecular complexity index is 825. The number of nitrogens with zero attached hydrogens (tertiary/aromatic N) is 4. The van der Waals surface area contributed by atoms with Crippen molar-refractivity contribution in [2.24, 2.45) is 0 Å². The number of amides is 1. The van der Waals surface area contributed by atoms with Crippen LogP contribution in [0.2, 0.25) is 0 Å². The first kappa shape index (κ1) is 15.6. The summed E-state index contributed by atoms with van der Waals surface area (Å²) < 4.78 is 2.20. The number of imidazole rings is 2. The summed E-state index contributed by atoms with van der Waals surface area (Å²) in [5, 5.41) is 0. The van der Waals surface area contributed by atoms with Crippen LogP contribution in [0.4, 0.5) is 0 Å². The lowest BCUT2D eigenvalue weighted by Crippen LogP contribution is -2.40. The molecule has 1 aliphatic heterocycles. The number of hydrogen-bond acceptors (Lipinski definition) is 3. The summed E-state index contributed by atoms with van der Waals surface area (Å²) in [5.74, 6) is 1.69. The quantitative estimate of drug-likeness (QED) is 0.797. The number of benzene rings is 1. The van der Waals surface area contributed by atoms with E-state index in [-0.39, 0.29) is 11.8 Å². The summed E-state index contributed by atoms with van der Waals surface area (Å²) in [5.41, 5.74) is 1.25. The molecule has 1 N–H and O–H groups in total. The lowest BCUT2D eigenvalue weighted by molar-refractivity contribution is 0.0692. The van der Waals surface area contributed by atoms with E-state index in [0.29, 0.717) is 12.4 Å². The molecule has 1 aromatic carbocycles. The molecule has 0 aliphatic carbocycles. The van der Waals surface area contributed by atoms with E-state index in [1.54, 1.807) is 12.4 Å². The van der Waals surface area contributed by atoms with Gasteiger partial charge in [0.1, 0.15) is 5.82 Å². The van der Waals surface area contributed by atoms with Crippen molar-refractivity contribution in [1.29, 1.82) is 0 Å². The molecule has 0 spiro atoms. The molecule has 0 bridgehead atoms. The van der Waals surface area contributed by atoms with Crippen molar-refractivity contribution in [2.45, 2.75) is 25.3 Å². The molecule has 4 rings (SSSR count). The van der Waals surface area contributed by atoms with Gasteiger partial charge in [0.05, 0.1) is 0 Å². The molecule has 1 atom stereocenters. The van der Waals surface area contributed by atoms with E-state index in [2.05, 4.69) is 43.8 Å². The highest BCUT2D eigenvalue weighted by molar-refractivity contribution is 5.90. The van der Waals surface area contributed by atoms with E-state index in [9.17, 15) is 4.79 Å². The minimum absolute atomic E-state index is 0.0316. The van der Waals surface area contributed by atoms with Gasteiger partial charge in [0.15, 0.2) is 5.82 Å². The lowest BCUT2D eigenvalue weighted by Gasteiger charge is -2.32. The molecule has 1 aliphatic rings. The molecule has 0 saturated carbocycles. The molecule has 1 amide bonds. The molecule has 25 heavy (non-hydrogen) atoms. The average molecular weight is 335 g/mol. The Morgan fingerprint density at radius 3 is 2.88 bits per heavy atom. The smallest absolute Gasteiger partial charge is 0.289 e. The molecule has 6 nitrogen and oxygen atoms in total. The van der Waals surface area contributed by atoms with Crippen LogP contribution in [0.15, 0.2) is 55.1 Å². The molecule has 6 heteroatoms. The van der Waals surface area contributed by atoms with E-state index < -0.39 is 0 Å². The van der Waals surface area contributed by atoms with Crippen molar-refractivity contribution in [3.63, 3.8) is 0 Å². The van der Waals surface area contributed by atoms with E-state index in [1.807, 2.05) is 23.4 Å². The Morgan fingerprint density at radius 1 is 1.20 bits per heavy atom. The number of carbonyl (C=O) groups is 1. The summed E-state index contributed by atoms with van der Waals surface area (Å²) in [6.45, 7) is 2.26. The second-order valence-corrected chi connectivity index (χ2v) is 6.43. The molecule has 1 unspecified atom stereocenters. The number of aromatic amines is 1. The van der Waals surface area contributed by atoms with E-state index in [1.165, 1.54) is 5.56 Å². The van der Waals surface area contributed by atoms with Gasteiger partial charge < -0.3 is 14.5 Å². The molecule has 0 radical (unpaired) electrons. The Morgan fingerprint density at radius 2 is 2.08 bits per heavy atom. The topological polar surface area (TPSA) is 66.8 Å². The summed E-state index contributed by atoms with van der Waals surface area (Å²) in [7, 11) is 0. The Balaban J connectivity index is 1.50. The van der Waals surface area contributed by atoms with Crippen molar-refractivity contribution in [2.75, 3.05) is 13.1 Å². The summed E-state index contributed by atoms with van der Waals surface area (Å²) in [6, 6.07) is 10.4. The first-order chi connectivity index (χ1) is 12.3. The van der Waals surface area contributed by atoms with Crippen molar-refractivity contribution in [3.05, 3.63) is 72.3 Å². The second kappa shape index (κ2) is 6.93. The highest BCUT2D eigenvalue weighted by Crippen LogP contribution is 2.27. The molecule has 1 fully saturated rings. The van der Waals surface area contributed by atoms with Gasteiger partial charge in [0.2, 0.25) is 0 Å². The highest BCUT2D eigenvalue weighted by atomic mass is 16.2. The number of likely N-dealkylation sites (tertiary alicyclic amines) is 1. The average Bonchev–Trinajstić information content (AvgIpc) is 3.34. The fraction of sp³-hybridized carbons (Fsp3) is 0.316. The van der Waals surface area contributed by atoms with Crippen LogP contribution in [0.1, 0.15) is 40.8 Å². The van der Waals surface area contributed by atoms with E-state index in [0.717, 1.165) is 31.8 Å². The van der Waals surface area contributed by atoms with Crippen molar-refractivity contribution in [3.8, 4) is 0 Å². The molecule has 3 aromatic rings. The maximum absolute atomic E-state index is 12.6. The van der Waals surface area contributed by atoms with Gasteiger partial charge in [-0.2, -0.15) is 0 Å². The van der Waals surface area contributed by atoms with Crippen molar-refractivity contribution < 1.29 is 4.79 Å². The van der Waals surface area contributed by atoms with Gasteiger partial charge in [0, 0.05) is 50.3 Å². The molecular weight excluding hydrogens is 314 g/mol. The zero-order chi connectivity index (χ0) is 17.1. The predicted octanol–water partition coefficient (Wildman–Crippen LogP) is 2.67. The Hall–Kier alpha value is -2.89. The zero-order valence-electron chi connectivity index (χ0n) is 14.0. The number of hydrogen-bond donors (Lipinski definition) is 1. The van der Waals surface area contributed by atoms with Gasteiger partial charge in [-0.3, -0.25) is 4.79 Å². The van der Waals surface area contributed by atoms with Gasteiger partial charge in [-0.05, 0) is 18.4 Å². The normalized spacial score (nSPS) is 17.6. The monoisotopic (exact) mass is 335 g/mol. The van der Waals surface area contributed by atoms with Gasteiger partial charge in [-0.1, -0.05) is 30.3 Å².